The predicted octanol–water partition coefficient (Wildman–Crippen LogP) is 5.51. The summed E-state index contributed by atoms with van der Waals surface area (Å²) in [5.74, 6) is 1.94. The summed E-state index contributed by atoms with van der Waals surface area (Å²) in [6.07, 6.45) is 2.21. The first-order valence-corrected chi connectivity index (χ1v) is 11.3. The number of rotatable bonds is 10. The Morgan fingerprint density at radius 3 is 2.49 bits per heavy atom. The highest BCUT2D eigenvalue weighted by molar-refractivity contribution is 5.78. The van der Waals surface area contributed by atoms with Gasteiger partial charge in [-0.2, -0.15) is 0 Å². The highest BCUT2D eigenvalue weighted by atomic mass is 16.6. The molecule has 3 aromatic rings. The standard InChI is InChI=1S/C26H28N2O6.CH4/c1-17-24(27-18(2)33-17)12-13-32-22-10-6-19(7-11-22)15-28(16-25(29)30)26(31)34-23-5-3-4-21(14-23)20-8-9-20;/h3-7,10-11,14,20H,8-9,12-13,15-16H2,1-2H3,(H,29,30);1H4. The monoisotopic (exact) mass is 480 g/mol. The number of amides is 1. The number of hydrogen-bond donors (Lipinski definition) is 1. The quantitative estimate of drug-likeness (QED) is 0.408. The third-order valence-corrected chi connectivity index (χ3v) is 5.60. The van der Waals surface area contributed by atoms with Crippen LogP contribution in [0.2, 0.25) is 0 Å². The van der Waals surface area contributed by atoms with Crippen LogP contribution in [0.25, 0.3) is 0 Å². The van der Waals surface area contributed by atoms with Gasteiger partial charge in [-0.3, -0.25) is 9.69 Å². The summed E-state index contributed by atoms with van der Waals surface area (Å²) in [6.45, 7) is 3.77. The fourth-order valence-corrected chi connectivity index (χ4v) is 3.74. The molecule has 0 atom stereocenters. The zero-order chi connectivity index (χ0) is 24.1. The average Bonchev–Trinajstić information content (AvgIpc) is 3.59. The van der Waals surface area contributed by atoms with E-state index in [1.165, 1.54) is 0 Å². The number of benzene rings is 2. The summed E-state index contributed by atoms with van der Waals surface area (Å²) in [4.78, 5) is 29.6. The van der Waals surface area contributed by atoms with Crippen LogP contribution in [0.5, 0.6) is 11.5 Å². The van der Waals surface area contributed by atoms with Crippen molar-refractivity contribution in [1.82, 2.24) is 9.88 Å². The Hall–Kier alpha value is -3.81. The molecule has 1 saturated carbocycles. The summed E-state index contributed by atoms with van der Waals surface area (Å²) in [5.41, 5.74) is 2.78. The van der Waals surface area contributed by atoms with Crippen LogP contribution < -0.4 is 9.47 Å². The topological polar surface area (TPSA) is 102 Å². The fourth-order valence-electron chi connectivity index (χ4n) is 3.74. The lowest BCUT2D eigenvalue weighted by atomic mass is 10.1. The van der Waals surface area contributed by atoms with Gasteiger partial charge in [0.25, 0.3) is 0 Å². The second kappa shape index (κ2) is 11.6. The Bertz CT molecular complexity index is 1150. The highest BCUT2D eigenvalue weighted by Gasteiger charge is 2.24. The molecule has 0 aliphatic heterocycles. The smallest absolute Gasteiger partial charge is 0.416 e. The largest absolute Gasteiger partial charge is 0.493 e. The van der Waals surface area contributed by atoms with Crippen molar-refractivity contribution in [3.8, 4) is 11.5 Å². The first-order chi connectivity index (χ1) is 16.4. The molecule has 0 bridgehead atoms. The molecule has 0 spiro atoms. The van der Waals surface area contributed by atoms with Gasteiger partial charge in [0.1, 0.15) is 23.8 Å². The maximum atomic E-state index is 12.7. The van der Waals surface area contributed by atoms with Crippen molar-refractivity contribution in [2.75, 3.05) is 13.2 Å². The van der Waals surface area contributed by atoms with E-state index in [9.17, 15) is 14.7 Å². The van der Waals surface area contributed by atoms with E-state index >= 15 is 0 Å². The molecule has 1 aliphatic carbocycles. The molecule has 1 fully saturated rings. The molecule has 0 saturated heterocycles. The minimum Gasteiger partial charge on any atom is -0.493 e. The molecule has 4 rings (SSSR count). The Morgan fingerprint density at radius 2 is 1.86 bits per heavy atom. The van der Waals surface area contributed by atoms with E-state index in [-0.39, 0.29) is 14.0 Å². The SMILES string of the molecule is C.Cc1nc(CCOc2ccc(CN(CC(=O)O)C(=O)Oc3cccc(C4CC4)c3)cc2)c(C)o1. The van der Waals surface area contributed by atoms with Gasteiger partial charge in [0, 0.05) is 19.9 Å². The number of carboxylic acids is 1. The minimum atomic E-state index is -1.11. The normalized spacial score (nSPS) is 12.5. The van der Waals surface area contributed by atoms with Gasteiger partial charge in [-0.1, -0.05) is 31.7 Å². The van der Waals surface area contributed by atoms with E-state index in [0.717, 1.165) is 40.3 Å². The number of carboxylic acid groups (broad SMARTS) is 1. The van der Waals surface area contributed by atoms with Crippen molar-refractivity contribution >= 4 is 12.1 Å². The summed E-state index contributed by atoms with van der Waals surface area (Å²) in [5, 5.41) is 9.28. The zero-order valence-electron chi connectivity index (χ0n) is 19.3. The van der Waals surface area contributed by atoms with E-state index in [4.69, 9.17) is 13.9 Å². The van der Waals surface area contributed by atoms with Crippen molar-refractivity contribution in [2.24, 2.45) is 0 Å². The van der Waals surface area contributed by atoms with Crippen molar-refractivity contribution in [3.63, 3.8) is 0 Å². The van der Waals surface area contributed by atoms with Crippen LogP contribution in [0.1, 0.15) is 54.7 Å². The first-order valence-electron chi connectivity index (χ1n) is 11.3. The molecule has 8 nitrogen and oxygen atoms in total. The maximum Gasteiger partial charge on any atom is 0.416 e. The van der Waals surface area contributed by atoms with E-state index in [0.29, 0.717) is 36.3 Å². The molecule has 35 heavy (non-hydrogen) atoms. The molecule has 1 aromatic heterocycles. The fraction of sp³-hybridized carbons (Fsp3) is 0.370. The number of hydrogen-bond acceptors (Lipinski definition) is 6. The van der Waals surface area contributed by atoms with E-state index in [1.807, 2.05) is 32.0 Å². The summed E-state index contributed by atoms with van der Waals surface area (Å²) in [7, 11) is 0. The Kier molecular flexibility index (Phi) is 8.52. The second-order valence-corrected chi connectivity index (χ2v) is 8.44. The molecule has 186 valence electrons. The van der Waals surface area contributed by atoms with Crippen molar-refractivity contribution in [3.05, 3.63) is 77.0 Å². The Morgan fingerprint density at radius 1 is 1.11 bits per heavy atom. The molecule has 1 heterocycles. The molecule has 1 aliphatic rings. The predicted molar refractivity (Wildman–Crippen MR) is 131 cm³/mol. The van der Waals surface area contributed by atoms with Gasteiger partial charge in [0.2, 0.25) is 0 Å². The van der Waals surface area contributed by atoms with Crippen LogP contribution in [-0.4, -0.2) is 40.2 Å². The highest BCUT2D eigenvalue weighted by Crippen LogP contribution is 2.41. The zero-order valence-corrected chi connectivity index (χ0v) is 19.3. The Labute approximate surface area is 205 Å². The van der Waals surface area contributed by atoms with Gasteiger partial charge in [-0.25, -0.2) is 9.78 Å². The molecule has 1 N–H and O–H groups in total. The number of aromatic nitrogens is 1. The van der Waals surface area contributed by atoms with Crippen molar-refractivity contribution in [2.45, 2.75) is 53.0 Å². The lowest BCUT2D eigenvalue weighted by molar-refractivity contribution is -0.138. The van der Waals surface area contributed by atoms with Crippen LogP contribution >= 0.6 is 0 Å². The number of aliphatic carboxylic acids is 1. The maximum absolute atomic E-state index is 12.7. The number of nitrogens with zero attached hydrogens (tertiary/aromatic N) is 2. The molecule has 2 aromatic carbocycles. The van der Waals surface area contributed by atoms with Gasteiger partial charge >= 0.3 is 12.1 Å². The van der Waals surface area contributed by atoms with Crippen LogP contribution in [0.15, 0.2) is 52.9 Å². The molecular formula is C27H32N2O6. The van der Waals surface area contributed by atoms with Crippen molar-refractivity contribution in [1.29, 1.82) is 0 Å². The molecule has 8 heteroatoms. The molecule has 0 radical (unpaired) electrons. The summed E-state index contributed by atoms with van der Waals surface area (Å²) in [6, 6.07) is 14.6. The van der Waals surface area contributed by atoms with Crippen LogP contribution in [0.3, 0.4) is 0 Å². The van der Waals surface area contributed by atoms with E-state index in [1.54, 1.807) is 30.3 Å². The van der Waals surface area contributed by atoms with Gasteiger partial charge in [0.15, 0.2) is 5.89 Å². The lowest BCUT2D eigenvalue weighted by Crippen LogP contribution is -2.37. The van der Waals surface area contributed by atoms with Crippen LogP contribution in [0.4, 0.5) is 4.79 Å². The third kappa shape index (κ3) is 7.34. The van der Waals surface area contributed by atoms with Gasteiger partial charge in [-0.05, 0) is 61.1 Å². The van der Waals surface area contributed by atoms with Crippen molar-refractivity contribution < 1.29 is 28.6 Å². The van der Waals surface area contributed by atoms with Crippen LogP contribution in [0, 0.1) is 13.8 Å². The number of carbonyl (C=O) groups excluding carboxylic acids is 1. The van der Waals surface area contributed by atoms with Crippen LogP contribution in [-0.2, 0) is 17.8 Å². The number of oxazole rings is 1. The average molecular weight is 481 g/mol. The van der Waals surface area contributed by atoms with E-state index in [2.05, 4.69) is 4.98 Å². The minimum absolute atomic E-state index is 0. The number of aryl methyl sites for hydroxylation is 2. The van der Waals surface area contributed by atoms with Gasteiger partial charge in [0.05, 0.1) is 12.3 Å². The summed E-state index contributed by atoms with van der Waals surface area (Å²) >= 11 is 0. The Balaban J connectivity index is 0.00000342. The number of ether oxygens (including phenoxy) is 2. The summed E-state index contributed by atoms with van der Waals surface area (Å²) < 4.78 is 16.7. The number of carbonyl (C=O) groups is 2. The van der Waals surface area contributed by atoms with Gasteiger partial charge < -0.3 is 19.0 Å². The third-order valence-electron chi connectivity index (χ3n) is 5.60. The van der Waals surface area contributed by atoms with E-state index < -0.39 is 18.6 Å². The second-order valence-electron chi connectivity index (χ2n) is 8.44. The molecular weight excluding hydrogens is 448 g/mol. The molecule has 0 unspecified atom stereocenters. The lowest BCUT2D eigenvalue weighted by Gasteiger charge is -2.20. The molecule has 1 amide bonds. The van der Waals surface area contributed by atoms with Gasteiger partial charge in [-0.15, -0.1) is 0 Å². The first kappa shape index (κ1) is 25.8.